The van der Waals surface area contributed by atoms with Gasteiger partial charge < -0.3 is 25.0 Å². The number of fused-ring (bicyclic) bond motifs is 1. The predicted molar refractivity (Wildman–Crippen MR) is 143 cm³/mol. The number of hydrogen-bond donors (Lipinski definition) is 3. The minimum Gasteiger partial charge on any atom is -0.394 e. The van der Waals surface area contributed by atoms with E-state index in [1.807, 2.05) is 24.5 Å². The van der Waals surface area contributed by atoms with Crippen LogP contribution < -0.4 is 10.6 Å². The molecule has 3 N–H and O–H groups in total. The standard InChI is InChI=1S/C28H36N6O2/c1-20(2)22-10-12-23(13-11-22)25(24(17-35)36-3)29-14-7-15-34-19-33-26-27(31-18-32-28(26)34)30-16-21-8-5-4-6-9-21/h4-6,8-13,18-20,24-25,29,35H,7,14-17H2,1-3H3,(H,30,31,32)/t24-,25-/m1/s1. The summed E-state index contributed by atoms with van der Waals surface area (Å²) in [7, 11) is 1.64. The Morgan fingerprint density at radius 2 is 1.72 bits per heavy atom. The van der Waals surface area contributed by atoms with E-state index in [2.05, 4.69) is 80.4 Å². The molecule has 4 rings (SSSR count). The summed E-state index contributed by atoms with van der Waals surface area (Å²) in [6, 6.07) is 18.7. The highest BCUT2D eigenvalue weighted by Gasteiger charge is 2.22. The minimum absolute atomic E-state index is 0.0536. The average molecular weight is 489 g/mol. The van der Waals surface area contributed by atoms with Gasteiger partial charge in [0.25, 0.3) is 0 Å². The maximum atomic E-state index is 9.87. The lowest BCUT2D eigenvalue weighted by Crippen LogP contribution is -2.36. The summed E-state index contributed by atoms with van der Waals surface area (Å²) in [5.41, 5.74) is 5.16. The molecule has 0 amide bonds. The van der Waals surface area contributed by atoms with Crippen LogP contribution in [0.15, 0.2) is 67.3 Å². The molecule has 2 heterocycles. The molecular weight excluding hydrogens is 452 g/mol. The van der Waals surface area contributed by atoms with Crippen molar-refractivity contribution in [3.8, 4) is 0 Å². The van der Waals surface area contributed by atoms with Crippen LogP contribution in [0.4, 0.5) is 5.82 Å². The number of benzene rings is 2. The number of nitrogens with zero attached hydrogens (tertiary/aromatic N) is 4. The number of aryl methyl sites for hydroxylation is 1. The van der Waals surface area contributed by atoms with Crippen molar-refractivity contribution in [3.05, 3.63) is 83.9 Å². The fraction of sp³-hybridized carbons (Fsp3) is 0.393. The molecule has 36 heavy (non-hydrogen) atoms. The molecule has 0 aliphatic carbocycles. The summed E-state index contributed by atoms with van der Waals surface area (Å²) in [6.45, 7) is 6.50. The predicted octanol–water partition coefficient (Wildman–Crippen LogP) is 4.29. The zero-order valence-corrected chi connectivity index (χ0v) is 21.3. The van der Waals surface area contributed by atoms with Gasteiger partial charge in [-0.2, -0.15) is 0 Å². The maximum Gasteiger partial charge on any atom is 0.165 e. The number of imidazole rings is 1. The van der Waals surface area contributed by atoms with E-state index >= 15 is 0 Å². The summed E-state index contributed by atoms with van der Waals surface area (Å²) in [4.78, 5) is 13.4. The van der Waals surface area contributed by atoms with E-state index in [1.165, 1.54) is 11.1 Å². The van der Waals surface area contributed by atoms with E-state index in [0.29, 0.717) is 12.5 Å². The Morgan fingerprint density at radius 1 is 0.972 bits per heavy atom. The van der Waals surface area contributed by atoms with Crippen LogP contribution in [-0.4, -0.2) is 51.0 Å². The van der Waals surface area contributed by atoms with Crippen LogP contribution in [0.2, 0.25) is 0 Å². The molecule has 0 spiro atoms. The third-order valence-electron chi connectivity index (χ3n) is 6.46. The second kappa shape index (κ2) is 12.6. The smallest absolute Gasteiger partial charge is 0.165 e. The Hall–Kier alpha value is -3.33. The Morgan fingerprint density at radius 3 is 2.42 bits per heavy atom. The maximum absolute atomic E-state index is 9.87. The summed E-state index contributed by atoms with van der Waals surface area (Å²) in [6.07, 6.45) is 3.94. The van der Waals surface area contributed by atoms with E-state index in [9.17, 15) is 5.11 Å². The van der Waals surface area contributed by atoms with Gasteiger partial charge in [-0.15, -0.1) is 0 Å². The number of aliphatic hydroxyl groups excluding tert-OH is 1. The van der Waals surface area contributed by atoms with E-state index in [-0.39, 0.29) is 18.8 Å². The Kier molecular flexibility index (Phi) is 9.00. The molecule has 0 fully saturated rings. The SMILES string of the molecule is CO[C@H](CO)[C@H](NCCCn1cnc2c(NCc3ccccc3)ncnc21)c1ccc(C(C)C)cc1. The van der Waals surface area contributed by atoms with Crippen molar-refractivity contribution >= 4 is 17.0 Å². The highest BCUT2D eigenvalue weighted by Crippen LogP contribution is 2.23. The zero-order chi connectivity index (χ0) is 25.3. The first-order valence-corrected chi connectivity index (χ1v) is 12.5. The van der Waals surface area contributed by atoms with Crippen LogP contribution in [0.1, 0.15) is 48.9 Å². The van der Waals surface area contributed by atoms with Crippen LogP contribution in [0.3, 0.4) is 0 Å². The summed E-state index contributed by atoms with van der Waals surface area (Å²) in [5, 5.41) is 16.8. The molecule has 8 heteroatoms. The van der Waals surface area contributed by atoms with Crippen LogP contribution in [0.5, 0.6) is 0 Å². The van der Waals surface area contributed by atoms with Crippen molar-refractivity contribution in [2.45, 2.75) is 51.4 Å². The van der Waals surface area contributed by atoms with Crippen molar-refractivity contribution in [2.75, 3.05) is 25.6 Å². The van der Waals surface area contributed by atoms with Crippen LogP contribution in [0, 0.1) is 0 Å². The summed E-state index contributed by atoms with van der Waals surface area (Å²) >= 11 is 0. The lowest BCUT2D eigenvalue weighted by molar-refractivity contribution is 0.0212. The van der Waals surface area contributed by atoms with Crippen LogP contribution >= 0.6 is 0 Å². The molecule has 2 aromatic carbocycles. The first-order valence-electron chi connectivity index (χ1n) is 12.5. The fourth-order valence-electron chi connectivity index (χ4n) is 4.33. The van der Waals surface area contributed by atoms with Gasteiger partial charge in [-0.05, 0) is 35.6 Å². The molecule has 0 saturated carbocycles. The molecule has 4 aromatic rings. The number of aromatic nitrogens is 4. The average Bonchev–Trinajstić information content (AvgIpc) is 3.33. The number of nitrogens with one attached hydrogen (secondary N) is 2. The molecule has 0 radical (unpaired) electrons. The second-order valence-corrected chi connectivity index (χ2v) is 9.24. The Balaban J connectivity index is 1.38. The lowest BCUT2D eigenvalue weighted by atomic mass is 9.96. The van der Waals surface area contributed by atoms with Gasteiger partial charge in [0.2, 0.25) is 0 Å². The number of rotatable bonds is 13. The topological polar surface area (TPSA) is 97.1 Å². The van der Waals surface area contributed by atoms with Crippen LogP contribution in [0.25, 0.3) is 11.2 Å². The second-order valence-electron chi connectivity index (χ2n) is 9.24. The van der Waals surface area contributed by atoms with Crippen molar-refractivity contribution < 1.29 is 9.84 Å². The van der Waals surface area contributed by atoms with Gasteiger partial charge in [0.15, 0.2) is 11.5 Å². The third-order valence-corrected chi connectivity index (χ3v) is 6.46. The Labute approximate surface area is 212 Å². The van der Waals surface area contributed by atoms with Gasteiger partial charge in [-0.1, -0.05) is 68.4 Å². The van der Waals surface area contributed by atoms with Crippen molar-refractivity contribution in [3.63, 3.8) is 0 Å². The molecule has 2 aromatic heterocycles. The Bertz CT molecular complexity index is 1210. The largest absolute Gasteiger partial charge is 0.394 e. The van der Waals surface area contributed by atoms with Gasteiger partial charge >= 0.3 is 0 Å². The summed E-state index contributed by atoms with van der Waals surface area (Å²) in [5.74, 6) is 1.21. The molecule has 0 unspecified atom stereocenters. The van der Waals surface area contributed by atoms with E-state index in [1.54, 1.807) is 13.4 Å². The summed E-state index contributed by atoms with van der Waals surface area (Å²) < 4.78 is 7.63. The van der Waals surface area contributed by atoms with E-state index in [0.717, 1.165) is 42.1 Å². The van der Waals surface area contributed by atoms with E-state index in [4.69, 9.17) is 4.74 Å². The molecule has 0 aliphatic heterocycles. The molecule has 0 saturated heterocycles. The molecule has 190 valence electrons. The third kappa shape index (κ3) is 6.26. The zero-order valence-electron chi connectivity index (χ0n) is 21.3. The first-order chi connectivity index (χ1) is 17.6. The first kappa shape index (κ1) is 25.8. The number of aliphatic hydroxyl groups is 1. The highest BCUT2D eigenvalue weighted by molar-refractivity contribution is 5.82. The van der Waals surface area contributed by atoms with Crippen molar-refractivity contribution in [2.24, 2.45) is 0 Å². The van der Waals surface area contributed by atoms with Gasteiger partial charge in [-0.25, -0.2) is 15.0 Å². The van der Waals surface area contributed by atoms with Gasteiger partial charge in [-0.3, -0.25) is 0 Å². The number of methoxy groups -OCH3 is 1. The molecule has 0 bridgehead atoms. The highest BCUT2D eigenvalue weighted by atomic mass is 16.5. The minimum atomic E-state index is -0.324. The molecule has 2 atom stereocenters. The monoisotopic (exact) mass is 488 g/mol. The molecule has 0 aliphatic rings. The quantitative estimate of drug-likeness (QED) is 0.242. The van der Waals surface area contributed by atoms with Crippen LogP contribution in [-0.2, 0) is 17.8 Å². The number of ether oxygens (including phenoxy) is 1. The lowest BCUT2D eigenvalue weighted by Gasteiger charge is -2.26. The van der Waals surface area contributed by atoms with Gasteiger partial charge in [0, 0.05) is 20.2 Å². The van der Waals surface area contributed by atoms with Gasteiger partial charge in [0.1, 0.15) is 11.8 Å². The van der Waals surface area contributed by atoms with Crippen molar-refractivity contribution in [1.29, 1.82) is 0 Å². The number of anilines is 1. The molecular formula is C28H36N6O2. The number of hydrogen-bond acceptors (Lipinski definition) is 7. The van der Waals surface area contributed by atoms with Gasteiger partial charge in [0.05, 0.1) is 25.1 Å². The van der Waals surface area contributed by atoms with E-state index < -0.39 is 0 Å². The fourth-order valence-corrected chi connectivity index (χ4v) is 4.33. The van der Waals surface area contributed by atoms with Crippen molar-refractivity contribution in [1.82, 2.24) is 24.8 Å². The normalized spacial score (nSPS) is 13.2. The molecule has 8 nitrogen and oxygen atoms in total.